The highest BCUT2D eigenvalue weighted by Gasteiger charge is 2.32. The number of carbonyl (C=O) groups is 2. The standard InChI is InChI=1S/C35H47ClN6O3/c1-25-7-8-26(2)31(23-25)40-21-19-39(20-22-40)16-6-15-37-33(43)30-24-38-42(29-11-9-28(36)10-12-29)32(30)27-13-17-41(18-14-27)34(44)45-35(3,4)5/h7-12,23-24,27H,6,13-22H2,1-5H3,(H,37,43). The van der Waals surface area contributed by atoms with Crippen molar-refractivity contribution in [3.05, 3.63) is 76.1 Å². The molecule has 2 aliphatic heterocycles. The summed E-state index contributed by atoms with van der Waals surface area (Å²) >= 11 is 6.16. The SMILES string of the molecule is Cc1ccc(C)c(N2CCN(CCCNC(=O)c3cnn(-c4ccc(Cl)cc4)c3C3CCN(C(=O)OC(C)(C)C)CC3)CC2)c1. The fourth-order valence-corrected chi connectivity index (χ4v) is 6.37. The average molecular weight is 635 g/mol. The van der Waals surface area contributed by atoms with E-state index in [9.17, 15) is 9.59 Å². The minimum absolute atomic E-state index is 0.0657. The number of halogens is 1. The Kier molecular flexibility index (Phi) is 10.4. The van der Waals surface area contributed by atoms with E-state index in [0.29, 0.717) is 43.1 Å². The molecule has 2 fully saturated rings. The summed E-state index contributed by atoms with van der Waals surface area (Å²) in [5, 5.41) is 8.45. The number of hydrogen-bond acceptors (Lipinski definition) is 6. The van der Waals surface area contributed by atoms with Crippen LogP contribution in [0, 0.1) is 13.8 Å². The number of aromatic nitrogens is 2. The van der Waals surface area contributed by atoms with E-state index in [1.165, 1.54) is 16.8 Å². The number of rotatable bonds is 8. The zero-order chi connectivity index (χ0) is 32.1. The Morgan fingerprint density at radius 3 is 2.33 bits per heavy atom. The third kappa shape index (κ3) is 8.38. The van der Waals surface area contributed by atoms with Gasteiger partial charge in [0.2, 0.25) is 0 Å². The van der Waals surface area contributed by atoms with Gasteiger partial charge in [-0.25, -0.2) is 9.48 Å². The first kappa shape index (κ1) is 32.8. The summed E-state index contributed by atoms with van der Waals surface area (Å²) in [6.07, 6.45) is 3.69. The fourth-order valence-electron chi connectivity index (χ4n) is 6.25. The molecular formula is C35H47ClN6O3. The molecule has 45 heavy (non-hydrogen) atoms. The van der Waals surface area contributed by atoms with E-state index in [1.54, 1.807) is 11.1 Å². The number of piperazine rings is 1. The van der Waals surface area contributed by atoms with Gasteiger partial charge in [-0.15, -0.1) is 0 Å². The predicted molar refractivity (Wildman–Crippen MR) is 180 cm³/mol. The Balaban J connectivity index is 1.18. The van der Waals surface area contributed by atoms with Crippen LogP contribution < -0.4 is 10.2 Å². The molecule has 0 spiro atoms. The summed E-state index contributed by atoms with van der Waals surface area (Å²) in [7, 11) is 0. The van der Waals surface area contributed by atoms with Crippen LogP contribution in [-0.2, 0) is 4.74 Å². The number of carbonyl (C=O) groups excluding carboxylic acids is 2. The van der Waals surface area contributed by atoms with Crippen LogP contribution in [0.3, 0.4) is 0 Å². The van der Waals surface area contributed by atoms with Crippen LogP contribution in [0.1, 0.15) is 73.1 Å². The first-order valence-corrected chi connectivity index (χ1v) is 16.5. The Morgan fingerprint density at radius 1 is 0.978 bits per heavy atom. The van der Waals surface area contributed by atoms with Crippen molar-refractivity contribution in [2.45, 2.75) is 65.4 Å². The number of piperidine rings is 1. The molecule has 10 heteroatoms. The molecule has 3 aromatic rings. The molecule has 0 saturated carbocycles. The lowest BCUT2D eigenvalue weighted by molar-refractivity contribution is 0.0203. The molecule has 1 N–H and O–H groups in total. The molecule has 9 nitrogen and oxygen atoms in total. The second-order valence-electron chi connectivity index (χ2n) is 13.3. The fraction of sp³-hybridized carbons (Fsp3) is 0.514. The number of nitrogens with one attached hydrogen (secondary N) is 1. The third-order valence-electron chi connectivity index (χ3n) is 8.67. The number of nitrogens with zero attached hydrogens (tertiary/aromatic N) is 5. The van der Waals surface area contributed by atoms with Gasteiger partial charge in [0.05, 0.1) is 23.1 Å². The van der Waals surface area contributed by atoms with Crippen LogP contribution >= 0.6 is 11.6 Å². The molecule has 0 atom stereocenters. The molecule has 2 saturated heterocycles. The van der Waals surface area contributed by atoms with E-state index >= 15 is 0 Å². The van der Waals surface area contributed by atoms with Gasteiger partial charge in [-0.1, -0.05) is 23.7 Å². The monoisotopic (exact) mass is 634 g/mol. The largest absolute Gasteiger partial charge is 0.444 e. The first-order chi connectivity index (χ1) is 21.5. The van der Waals surface area contributed by atoms with Gasteiger partial charge in [0, 0.05) is 62.4 Å². The van der Waals surface area contributed by atoms with Gasteiger partial charge in [0.15, 0.2) is 0 Å². The third-order valence-corrected chi connectivity index (χ3v) is 8.92. The van der Waals surface area contributed by atoms with Crippen LogP contribution in [0.25, 0.3) is 5.69 Å². The Morgan fingerprint density at radius 2 is 1.67 bits per heavy atom. The maximum atomic E-state index is 13.6. The summed E-state index contributed by atoms with van der Waals surface area (Å²) in [5.74, 6) is -0.0459. The van der Waals surface area contributed by atoms with E-state index < -0.39 is 5.60 Å². The molecule has 5 rings (SSSR count). The van der Waals surface area contributed by atoms with E-state index in [4.69, 9.17) is 16.3 Å². The Bertz CT molecular complexity index is 1470. The van der Waals surface area contributed by atoms with Crippen molar-refractivity contribution in [3.63, 3.8) is 0 Å². The van der Waals surface area contributed by atoms with Crippen LogP contribution in [0.15, 0.2) is 48.7 Å². The number of anilines is 1. The Labute approximate surface area is 272 Å². The summed E-state index contributed by atoms with van der Waals surface area (Å²) in [6, 6.07) is 14.1. The van der Waals surface area contributed by atoms with Gasteiger partial charge in [0.25, 0.3) is 5.91 Å². The second kappa shape index (κ2) is 14.3. The lowest BCUT2D eigenvalue weighted by Crippen LogP contribution is -2.47. The summed E-state index contributed by atoms with van der Waals surface area (Å²) in [4.78, 5) is 33.0. The summed E-state index contributed by atoms with van der Waals surface area (Å²) in [6.45, 7) is 16.7. The molecule has 242 valence electrons. The number of aryl methyl sites for hydroxylation is 2. The van der Waals surface area contributed by atoms with Crippen molar-refractivity contribution in [2.75, 3.05) is 57.3 Å². The molecule has 0 bridgehead atoms. The quantitative estimate of drug-likeness (QED) is 0.297. The van der Waals surface area contributed by atoms with Crippen LogP contribution in [-0.4, -0.2) is 89.5 Å². The number of benzene rings is 2. The summed E-state index contributed by atoms with van der Waals surface area (Å²) in [5.41, 5.74) is 5.73. The van der Waals surface area contributed by atoms with Gasteiger partial charge >= 0.3 is 6.09 Å². The number of ether oxygens (including phenoxy) is 1. The Hall–Kier alpha value is -3.56. The van der Waals surface area contributed by atoms with Crippen molar-refractivity contribution >= 4 is 29.3 Å². The average Bonchev–Trinajstić information content (AvgIpc) is 3.46. The molecular weight excluding hydrogens is 588 g/mol. The van der Waals surface area contributed by atoms with Crippen molar-refractivity contribution in [1.29, 1.82) is 0 Å². The molecule has 3 heterocycles. The van der Waals surface area contributed by atoms with Gasteiger partial charge in [-0.05, 0) is 102 Å². The highest BCUT2D eigenvalue weighted by atomic mass is 35.5. The van der Waals surface area contributed by atoms with E-state index in [1.807, 2.05) is 49.7 Å². The minimum Gasteiger partial charge on any atom is -0.444 e. The normalized spacial score (nSPS) is 16.6. The van der Waals surface area contributed by atoms with Crippen molar-refractivity contribution in [2.24, 2.45) is 0 Å². The molecule has 2 aliphatic rings. The van der Waals surface area contributed by atoms with Gasteiger partial charge < -0.3 is 19.9 Å². The van der Waals surface area contributed by atoms with E-state index in [-0.39, 0.29) is 17.9 Å². The maximum absolute atomic E-state index is 13.6. The van der Waals surface area contributed by atoms with E-state index in [2.05, 4.69) is 52.3 Å². The minimum atomic E-state index is -0.540. The topological polar surface area (TPSA) is 82.9 Å². The zero-order valence-electron chi connectivity index (χ0n) is 27.3. The van der Waals surface area contributed by atoms with Crippen LogP contribution in [0.4, 0.5) is 10.5 Å². The smallest absolute Gasteiger partial charge is 0.410 e. The molecule has 0 radical (unpaired) electrons. The molecule has 1 aromatic heterocycles. The van der Waals surface area contributed by atoms with Crippen molar-refractivity contribution in [3.8, 4) is 5.69 Å². The summed E-state index contributed by atoms with van der Waals surface area (Å²) < 4.78 is 7.45. The van der Waals surface area contributed by atoms with E-state index in [0.717, 1.165) is 50.5 Å². The number of likely N-dealkylation sites (tertiary alicyclic amines) is 1. The zero-order valence-corrected chi connectivity index (χ0v) is 28.1. The van der Waals surface area contributed by atoms with Crippen LogP contribution in [0.5, 0.6) is 0 Å². The highest BCUT2D eigenvalue weighted by molar-refractivity contribution is 6.30. The second-order valence-corrected chi connectivity index (χ2v) is 13.7. The molecule has 2 aromatic carbocycles. The number of hydrogen-bond donors (Lipinski definition) is 1. The predicted octanol–water partition coefficient (Wildman–Crippen LogP) is 6.20. The van der Waals surface area contributed by atoms with Crippen molar-refractivity contribution < 1.29 is 14.3 Å². The lowest BCUT2D eigenvalue weighted by atomic mass is 9.91. The molecule has 0 unspecified atom stereocenters. The lowest BCUT2D eigenvalue weighted by Gasteiger charge is -2.37. The maximum Gasteiger partial charge on any atom is 0.410 e. The number of amides is 2. The van der Waals surface area contributed by atoms with Gasteiger partial charge in [-0.3, -0.25) is 9.69 Å². The van der Waals surface area contributed by atoms with Gasteiger partial charge in [0.1, 0.15) is 5.60 Å². The molecule has 0 aliphatic carbocycles. The molecule has 2 amide bonds. The first-order valence-electron chi connectivity index (χ1n) is 16.1. The van der Waals surface area contributed by atoms with Crippen molar-refractivity contribution in [1.82, 2.24) is 24.9 Å². The van der Waals surface area contributed by atoms with Crippen LogP contribution in [0.2, 0.25) is 5.02 Å². The highest BCUT2D eigenvalue weighted by Crippen LogP contribution is 2.33. The van der Waals surface area contributed by atoms with Gasteiger partial charge in [-0.2, -0.15) is 5.10 Å².